The predicted octanol–water partition coefficient (Wildman–Crippen LogP) is 0.554. The number of aromatic nitrogens is 2. The number of hydrogen-bond acceptors (Lipinski definition) is 6. The first-order chi connectivity index (χ1) is 13.7. The third-order valence-corrected chi connectivity index (χ3v) is 6.45. The van der Waals surface area contributed by atoms with E-state index in [4.69, 9.17) is 4.74 Å². The average molecular weight is 387 g/mol. The number of fused-ring (bicyclic) bond motifs is 4. The molecule has 8 heteroatoms. The normalized spacial score (nSPS) is 30.0. The van der Waals surface area contributed by atoms with Crippen molar-refractivity contribution in [3.05, 3.63) is 24.3 Å². The Morgan fingerprint density at radius 2 is 2.18 bits per heavy atom. The monoisotopic (exact) mass is 387 g/mol. The Morgan fingerprint density at radius 3 is 2.96 bits per heavy atom. The van der Waals surface area contributed by atoms with Crippen LogP contribution in [0.3, 0.4) is 0 Å². The van der Waals surface area contributed by atoms with Crippen LogP contribution in [0.4, 0.5) is 0 Å². The number of likely N-dealkylation sites (tertiary alicyclic amines) is 1. The molecule has 3 aliphatic rings. The van der Waals surface area contributed by atoms with Gasteiger partial charge in [-0.2, -0.15) is 0 Å². The second-order valence-electron chi connectivity index (χ2n) is 8.14. The van der Waals surface area contributed by atoms with Gasteiger partial charge in [-0.05, 0) is 31.1 Å². The van der Waals surface area contributed by atoms with Crippen molar-refractivity contribution in [3.63, 3.8) is 0 Å². The highest BCUT2D eigenvalue weighted by Crippen LogP contribution is 2.41. The molecule has 1 aromatic heterocycles. The molecule has 0 radical (unpaired) electrons. The molecule has 8 nitrogen and oxygen atoms in total. The number of hydrogen-bond donors (Lipinski definition) is 1. The fraction of sp³-hybridized carbons (Fsp3) is 0.700. The summed E-state index contributed by atoms with van der Waals surface area (Å²) in [6, 6.07) is 0.335. The van der Waals surface area contributed by atoms with Gasteiger partial charge in [0.15, 0.2) is 0 Å². The van der Waals surface area contributed by atoms with Gasteiger partial charge in [0.25, 0.3) is 5.91 Å². The van der Waals surface area contributed by atoms with Crippen LogP contribution in [-0.4, -0.2) is 83.6 Å². The van der Waals surface area contributed by atoms with Gasteiger partial charge in [-0.25, -0.2) is 4.98 Å². The second-order valence-corrected chi connectivity index (χ2v) is 8.14. The van der Waals surface area contributed by atoms with E-state index in [2.05, 4.69) is 25.1 Å². The highest BCUT2D eigenvalue weighted by atomic mass is 16.5. The maximum Gasteiger partial charge on any atom is 0.271 e. The van der Waals surface area contributed by atoms with Gasteiger partial charge in [0.1, 0.15) is 5.69 Å². The molecule has 4 atom stereocenters. The number of rotatable bonds is 6. The number of piperidine rings is 3. The molecule has 152 valence electrons. The lowest BCUT2D eigenvalue weighted by molar-refractivity contribution is -0.152. The Morgan fingerprint density at radius 1 is 1.32 bits per heavy atom. The van der Waals surface area contributed by atoms with Crippen molar-refractivity contribution in [2.75, 3.05) is 39.9 Å². The van der Waals surface area contributed by atoms with Crippen LogP contribution in [-0.2, 0) is 9.53 Å². The summed E-state index contributed by atoms with van der Waals surface area (Å²) in [5, 5.41) is 3.00. The number of nitrogens with one attached hydrogen (secondary N) is 1. The van der Waals surface area contributed by atoms with E-state index in [9.17, 15) is 9.59 Å². The summed E-state index contributed by atoms with van der Waals surface area (Å²) in [6.07, 6.45) is 8.31. The molecular weight excluding hydrogens is 358 g/mol. The number of nitrogens with zero attached hydrogens (tertiary/aromatic N) is 4. The topological polar surface area (TPSA) is 87.7 Å². The van der Waals surface area contributed by atoms with E-state index < -0.39 is 0 Å². The molecule has 2 bridgehead atoms. The average Bonchev–Trinajstić information content (AvgIpc) is 2.73. The van der Waals surface area contributed by atoms with Crippen LogP contribution in [0, 0.1) is 11.8 Å². The Bertz CT molecular complexity index is 700. The van der Waals surface area contributed by atoms with E-state index in [1.54, 1.807) is 13.3 Å². The third-order valence-electron chi connectivity index (χ3n) is 6.45. The molecular formula is C20H29N5O3. The molecule has 3 saturated heterocycles. The Kier molecular flexibility index (Phi) is 5.87. The lowest BCUT2D eigenvalue weighted by atomic mass is 9.72. The van der Waals surface area contributed by atoms with E-state index in [0.29, 0.717) is 36.5 Å². The SMILES string of the molecule is COCCN1C[C@H]2C[C@@H](C1)[C@H](CNC(=O)c1cnccn1)N1C(=O)CCC[C@@H]21. The van der Waals surface area contributed by atoms with Crippen molar-refractivity contribution in [2.45, 2.75) is 37.8 Å². The summed E-state index contributed by atoms with van der Waals surface area (Å²) < 4.78 is 5.27. The molecule has 1 N–H and O–H groups in total. The minimum Gasteiger partial charge on any atom is -0.383 e. The second kappa shape index (κ2) is 8.53. The predicted molar refractivity (Wildman–Crippen MR) is 103 cm³/mol. The minimum atomic E-state index is -0.233. The van der Waals surface area contributed by atoms with Crippen molar-refractivity contribution >= 4 is 11.8 Å². The van der Waals surface area contributed by atoms with Crippen LogP contribution in [0.1, 0.15) is 36.2 Å². The maximum atomic E-state index is 12.8. The minimum absolute atomic E-state index is 0.0417. The van der Waals surface area contributed by atoms with Crippen LogP contribution in [0.5, 0.6) is 0 Å². The van der Waals surface area contributed by atoms with E-state index in [1.807, 2.05) is 0 Å². The molecule has 3 aliphatic heterocycles. The van der Waals surface area contributed by atoms with Crippen molar-refractivity contribution in [1.29, 1.82) is 0 Å². The molecule has 0 spiro atoms. The molecule has 3 fully saturated rings. The van der Waals surface area contributed by atoms with Crippen molar-refractivity contribution in [2.24, 2.45) is 11.8 Å². The number of carbonyl (C=O) groups is 2. The molecule has 0 aromatic carbocycles. The molecule has 2 amide bonds. The first-order valence-electron chi connectivity index (χ1n) is 10.2. The van der Waals surface area contributed by atoms with Gasteiger partial charge < -0.3 is 19.9 Å². The summed E-state index contributed by atoms with van der Waals surface area (Å²) in [5.41, 5.74) is 0.308. The Hall–Kier alpha value is -2.06. The van der Waals surface area contributed by atoms with Gasteiger partial charge >= 0.3 is 0 Å². The zero-order valence-corrected chi connectivity index (χ0v) is 16.4. The van der Waals surface area contributed by atoms with E-state index in [-0.39, 0.29) is 17.9 Å². The lowest BCUT2D eigenvalue weighted by Crippen LogP contribution is -2.67. The van der Waals surface area contributed by atoms with Gasteiger partial charge in [-0.15, -0.1) is 0 Å². The molecule has 0 aliphatic carbocycles. The number of carbonyl (C=O) groups excluding carboxylic acids is 2. The highest BCUT2D eigenvalue weighted by molar-refractivity contribution is 5.91. The van der Waals surface area contributed by atoms with Crippen LogP contribution in [0.15, 0.2) is 18.6 Å². The fourth-order valence-electron chi connectivity index (χ4n) is 5.24. The highest BCUT2D eigenvalue weighted by Gasteiger charge is 2.49. The van der Waals surface area contributed by atoms with Gasteiger partial charge in [-0.3, -0.25) is 14.6 Å². The summed E-state index contributed by atoms with van der Waals surface area (Å²) in [4.78, 5) is 37.9. The molecule has 1 aromatic rings. The number of ether oxygens (including phenoxy) is 1. The Labute approximate surface area is 165 Å². The molecule has 4 heterocycles. The fourth-order valence-corrected chi connectivity index (χ4v) is 5.24. The smallest absolute Gasteiger partial charge is 0.271 e. The van der Waals surface area contributed by atoms with Crippen LogP contribution >= 0.6 is 0 Å². The van der Waals surface area contributed by atoms with Gasteiger partial charge in [0.2, 0.25) is 5.91 Å². The zero-order chi connectivity index (χ0) is 19.5. The van der Waals surface area contributed by atoms with E-state index in [1.165, 1.54) is 12.4 Å². The third kappa shape index (κ3) is 3.89. The Balaban J connectivity index is 1.49. The summed E-state index contributed by atoms with van der Waals surface area (Å²) in [7, 11) is 1.73. The quantitative estimate of drug-likeness (QED) is 0.767. The number of methoxy groups -OCH3 is 1. The van der Waals surface area contributed by atoms with E-state index in [0.717, 1.165) is 45.5 Å². The van der Waals surface area contributed by atoms with Crippen LogP contribution < -0.4 is 5.32 Å². The summed E-state index contributed by atoms with van der Waals surface area (Å²) >= 11 is 0. The van der Waals surface area contributed by atoms with Crippen LogP contribution in [0.25, 0.3) is 0 Å². The van der Waals surface area contributed by atoms with Crippen molar-refractivity contribution in [3.8, 4) is 0 Å². The van der Waals surface area contributed by atoms with Crippen molar-refractivity contribution in [1.82, 2.24) is 25.1 Å². The largest absolute Gasteiger partial charge is 0.383 e. The summed E-state index contributed by atoms with van der Waals surface area (Å²) in [6.45, 7) is 4.09. The first kappa shape index (κ1) is 19.3. The molecule has 0 saturated carbocycles. The lowest BCUT2D eigenvalue weighted by Gasteiger charge is -2.56. The zero-order valence-electron chi connectivity index (χ0n) is 16.4. The van der Waals surface area contributed by atoms with Crippen LogP contribution in [0.2, 0.25) is 0 Å². The molecule has 28 heavy (non-hydrogen) atoms. The van der Waals surface area contributed by atoms with E-state index >= 15 is 0 Å². The maximum absolute atomic E-state index is 12.8. The van der Waals surface area contributed by atoms with Gasteiger partial charge in [0, 0.05) is 58.1 Å². The standard InChI is InChI=1S/C20H29N5O3/c1-28-8-7-24-12-14-9-15(13-24)18(25-17(14)3-2-4-19(25)26)11-23-20(27)16-10-21-5-6-22-16/h5-6,10,14-15,17-18H,2-4,7-9,11-13H2,1H3,(H,23,27)/t14-,15+,17+,18+/m1/s1. The molecule has 0 unspecified atom stereocenters. The first-order valence-corrected chi connectivity index (χ1v) is 10.2. The van der Waals surface area contributed by atoms with Gasteiger partial charge in [-0.1, -0.05) is 0 Å². The molecule has 4 rings (SSSR count). The number of amides is 2. The van der Waals surface area contributed by atoms with Crippen molar-refractivity contribution < 1.29 is 14.3 Å². The van der Waals surface area contributed by atoms with Gasteiger partial charge in [0.05, 0.1) is 18.8 Å². The summed E-state index contributed by atoms with van der Waals surface area (Å²) in [5.74, 6) is 0.904.